The zero-order chi connectivity index (χ0) is 20.6. The molecule has 0 aromatic carbocycles. The van der Waals surface area contributed by atoms with Gasteiger partial charge in [-0.2, -0.15) is 9.97 Å². The van der Waals surface area contributed by atoms with Gasteiger partial charge in [-0.05, 0) is 25.2 Å². The molecular weight excluding hydrogens is 389 g/mol. The van der Waals surface area contributed by atoms with Gasteiger partial charge in [0, 0.05) is 19.1 Å². The molecule has 2 atom stereocenters. The molecule has 4 fully saturated rings. The maximum absolute atomic E-state index is 14.1. The minimum atomic E-state index is -1.10. The molecule has 11 heteroatoms. The number of alkyl halides is 1. The maximum atomic E-state index is 14.1. The van der Waals surface area contributed by atoms with Crippen LogP contribution in [-0.2, 0) is 12.6 Å². The topological polar surface area (TPSA) is 112 Å². The van der Waals surface area contributed by atoms with E-state index in [4.69, 9.17) is 20.4 Å². The second-order valence-electron chi connectivity index (χ2n) is 8.80. The highest BCUT2D eigenvalue weighted by molar-refractivity contribution is 5.87. The molecule has 2 unspecified atom stereocenters. The summed E-state index contributed by atoms with van der Waals surface area (Å²) in [5.74, 6) is 2.28. The van der Waals surface area contributed by atoms with E-state index in [1.54, 1.807) is 16.7 Å². The molecule has 10 nitrogen and oxygen atoms in total. The molecule has 2 bridgehead atoms. The minimum absolute atomic E-state index is 0.123. The number of hydrogen-bond acceptors (Lipinski definition) is 8. The largest absolute Gasteiger partial charge is 0.478 e. The molecule has 0 spiro atoms. The number of nitrogens with two attached hydrogens (primary N) is 1. The molecule has 3 aliphatic carbocycles. The summed E-state index contributed by atoms with van der Waals surface area (Å²) >= 11 is 0. The van der Waals surface area contributed by atoms with Gasteiger partial charge < -0.3 is 25.3 Å². The molecule has 1 aliphatic heterocycles. The number of methoxy groups -OCH3 is 1. The van der Waals surface area contributed by atoms with Crippen LogP contribution in [0.2, 0.25) is 0 Å². The Bertz CT molecular complexity index is 1110. The highest BCUT2D eigenvalue weighted by atomic mass is 19.1. The SMILES string of the molecule is COc1nn(C)cc1Nc1nc(N2CC(N)C(F)C2)nc2c1ncn2C12CC(C1)C2. The predicted molar refractivity (Wildman–Crippen MR) is 109 cm³/mol. The lowest BCUT2D eigenvalue weighted by molar-refractivity contribution is -0.0862. The van der Waals surface area contributed by atoms with Gasteiger partial charge in [-0.1, -0.05) is 0 Å². The number of nitrogens with one attached hydrogen (secondary N) is 1. The molecule has 0 amide bonds. The van der Waals surface area contributed by atoms with Crippen LogP contribution in [0.15, 0.2) is 12.5 Å². The van der Waals surface area contributed by atoms with Gasteiger partial charge in [0.25, 0.3) is 5.88 Å². The fraction of sp³-hybridized carbons (Fsp3) is 0.579. The Hall–Kier alpha value is -2.95. The molecule has 4 heterocycles. The number of anilines is 3. The van der Waals surface area contributed by atoms with Crippen LogP contribution in [-0.4, -0.2) is 61.7 Å². The number of fused-ring (bicyclic) bond motifs is 1. The van der Waals surface area contributed by atoms with Crippen molar-refractivity contribution in [1.82, 2.24) is 29.3 Å². The zero-order valence-electron chi connectivity index (χ0n) is 16.9. The number of rotatable bonds is 5. The lowest BCUT2D eigenvalue weighted by Gasteiger charge is -2.62. The summed E-state index contributed by atoms with van der Waals surface area (Å²) in [6.07, 6.45) is 6.07. The standard InChI is InChI=1S/C19H24FN9O/c1-27-8-13(17(26-27)30-2)23-15-14-16(29(9-22-14)19-3-10(4-19)5-19)25-18(24-15)28-6-11(20)12(21)7-28/h8-12H,3-7,21H2,1-2H3,(H,23,24,25). The van der Waals surface area contributed by atoms with Crippen LogP contribution < -0.4 is 20.7 Å². The van der Waals surface area contributed by atoms with E-state index in [0.717, 1.165) is 30.8 Å². The molecule has 7 rings (SSSR count). The van der Waals surface area contributed by atoms with Gasteiger partial charge >= 0.3 is 0 Å². The first-order chi connectivity index (χ1) is 14.5. The third-order valence-corrected chi connectivity index (χ3v) is 6.72. The first kappa shape index (κ1) is 17.9. The van der Waals surface area contributed by atoms with E-state index < -0.39 is 12.2 Å². The molecule has 1 saturated heterocycles. The monoisotopic (exact) mass is 413 g/mol. The van der Waals surface area contributed by atoms with Crippen LogP contribution in [0, 0.1) is 5.92 Å². The lowest BCUT2D eigenvalue weighted by Crippen LogP contribution is -2.59. The summed E-state index contributed by atoms with van der Waals surface area (Å²) in [6.45, 7) is 0.563. The van der Waals surface area contributed by atoms with E-state index >= 15 is 0 Å². The molecule has 158 valence electrons. The number of aryl methyl sites for hydroxylation is 1. The summed E-state index contributed by atoms with van der Waals surface area (Å²) < 4.78 is 23.3. The predicted octanol–water partition coefficient (Wildman–Crippen LogP) is 1.31. The van der Waals surface area contributed by atoms with E-state index in [-0.39, 0.29) is 12.1 Å². The molecular formula is C19H24FN9O. The summed E-state index contributed by atoms with van der Waals surface area (Å²) in [5, 5.41) is 7.58. The molecule has 30 heavy (non-hydrogen) atoms. The number of aromatic nitrogens is 6. The van der Waals surface area contributed by atoms with Crippen LogP contribution in [0.25, 0.3) is 11.2 Å². The number of ether oxygens (including phenoxy) is 1. The molecule has 0 radical (unpaired) electrons. The third kappa shape index (κ3) is 2.44. The van der Waals surface area contributed by atoms with Gasteiger partial charge in [-0.15, -0.1) is 5.10 Å². The number of imidazole rings is 1. The van der Waals surface area contributed by atoms with Crippen molar-refractivity contribution in [3.8, 4) is 5.88 Å². The van der Waals surface area contributed by atoms with Crippen molar-refractivity contribution < 1.29 is 9.13 Å². The Balaban J connectivity index is 1.47. The van der Waals surface area contributed by atoms with Crippen molar-refractivity contribution in [2.24, 2.45) is 18.7 Å². The Morgan fingerprint density at radius 1 is 1.27 bits per heavy atom. The highest BCUT2D eigenvalue weighted by Gasteiger charge is 2.58. The van der Waals surface area contributed by atoms with E-state index in [2.05, 4.69) is 20.0 Å². The van der Waals surface area contributed by atoms with Crippen LogP contribution >= 0.6 is 0 Å². The summed E-state index contributed by atoms with van der Waals surface area (Å²) in [4.78, 5) is 15.9. The average Bonchev–Trinajstić information content (AvgIpc) is 3.31. The average molecular weight is 413 g/mol. The Morgan fingerprint density at radius 3 is 2.70 bits per heavy atom. The van der Waals surface area contributed by atoms with E-state index in [0.29, 0.717) is 35.4 Å². The Labute approximate surface area is 172 Å². The van der Waals surface area contributed by atoms with Gasteiger partial charge in [0.15, 0.2) is 17.0 Å². The summed E-state index contributed by atoms with van der Waals surface area (Å²) in [7, 11) is 3.39. The second-order valence-corrected chi connectivity index (χ2v) is 8.80. The van der Waals surface area contributed by atoms with Gasteiger partial charge in [0.1, 0.15) is 11.9 Å². The molecule has 3 N–H and O–H groups in total. The summed E-state index contributed by atoms with van der Waals surface area (Å²) in [6, 6.07) is -0.540. The number of nitrogens with zero attached hydrogens (tertiary/aromatic N) is 7. The van der Waals surface area contributed by atoms with Crippen molar-refractivity contribution in [3.63, 3.8) is 0 Å². The molecule has 3 aromatic heterocycles. The van der Waals surface area contributed by atoms with Crippen molar-refractivity contribution in [1.29, 1.82) is 0 Å². The van der Waals surface area contributed by atoms with Crippen molar-refractivity contribution in [2.45, 2.75) is 37.0 Å². The van der Waals surface area contributed by atoms with Crippen LogP contribution in [0.3, 0.4) is 0 Å². The van der Waals surface area contributed by atoms with Gasteiger partial charge in [-0.25, -0.2) is 9.37 Å². The molecule has 4 aliphatic rings. The summed E-state index contributed by atoms with van der Waals surface area (Å²) in [5.41, 5.74) is 8.14. The maximum Gasteiger partial charge on any atom is 0.256 e. The number of halogens is 1. The molecule has 3 saturated carbocycles. The smallest absolute Gasteiger partial charge is 0.256 e. The van der Waals surface area contributed by atoms with E-state index in [1.807, 2.05) is 19.6 Å². The van der Waals surface area contributed by atoms with Gasteiger partial charge in [0.05, 0.1) is 32.2 Å². The first-order valence-corrected chi connectivity index (χ1v) is 10.2. The Kier molecular flexibility index (Phi) is 3.59. The second kappa shape index (κ2) is 6.03. The fourth-order valence-electron chi connectivity index (χ4n) is 4.98. The van der Waals surface area contributed by atoms with Crippen LogP contribution in [0.5, 0.6) is 5.88 Å². The van der Waals surface area contributed by atoms with Crippen molar-refractivity contribution >= 4 is 28.6 Å². The van der Waals surface area contributed by atoms with Gasteiger partial charge in [-0.3, -0.25) is 4.68 Å². The van der Waals surface area contributed by atoms with E-state index in [9.17, 15) is 4.39 Å². The minimum Gasteiger partial charge on any atom is -0.478 e. The fourth-order valence-corrected chi connectivity index (χ4v) is 4.98. The lowest BCUT2D eigenvalue weighted by atomic mass is 9.50. The van der Waals surface area contributed by atoms with Crippen LogP contribution in [0.4, 0.5) is 21.8 Å². The first-order valence-electron chi connectivity index (χ1n) is 10.2. The van der Waals surface area contributed by atoms with Crippen LogP contribution in [0.1, 0.15) is 19.3 Å². The normalized spacial score (nSPS) is 29.7. The van der Waals surface area contributed by atoms with Gasteiger partial charge in [0.2, 0.25) is 5.95 Å². The van der Waals surface area contributed by atoms with E-state index in [1.165, 1.54) is 0 Å². The molecule has 3 aromatic rings. The highest BCUT2D eigenvalue weighted by Crippen LogP contribution is 2.62. The van der Waals surface area contributed by atoms with Crippen molar-refractivity contribution in [2.75, 3.05) is 30.4 Å². The quantitative estimate of drug-likeness (QED) is 0.644. The number of hydrogen-bond donors (Lipinski definition) is 2. The zero-order valence-corrected chi connectivity index (χ0v) is 16.9. The third-order valence-electron chi connectivity index (χ3n) is 6.72. The van der Waals surface area contributed by atoms with Crippen molar-refractivity contribution in [3.05, 3.63) is 12.5 Å². The Morgan fingerprint density at radius 2 is 2.07 bits per heavy atom.